The van der Waals surface area contributed by atoms with Gasteiger partial charge in [0.05, 0.1) is 16.8 Å². The Morgan fingerprint density at radius 2 is 2.21 bits per heavy atom. The summed E-state index contributed by atoms with van der Waals surface area (Å²) in [5.41, 5.74) is 6.81. The van der Waals surface area contributed by atoms with Crippen LogP contribution in [0.25, 0.3) is 10.4 Å². The van der Waals surface area contributed by atoms with Gasteiger partial charge in [-0.25, -0.2) is 9.18 Å². The molecule has 0 saturated heterocycles. The van der Waals surface area contributed by atoms with E-state index in [2.05, 4.69) is 15.9 Å². The molecule has 2 rings (SSSR count). The quantitative estimate of drug-likeness (QED) is 0.854. The molecule has 2 aromatic rings. The van der Waals surface area contributed by atoms with Crippen LogP contribution < -0.4 is 5.73 Å². The van der Waals surface area contributed by atoms with E-state index < -0.39 is 5.97 Å². The van der Waals surface area contributed by atoms with Crippen molar-refractivity contribution in [3.8, 4) is 10.4 Å². The first-order chi connectivity index (χ1) is 9.02. The lowest BCUT2D eigenvalue weighted by Crippen LogP contribution is -2.04. The Morgan fingerprint density at radius 3 is 2.84 bits per heavy atom. The van der Waals surface area contributed by atoms with Gasteiger partial charge in [0, 0.05) is 4.88 Å². The monoisotopic (exact) mass is 343 g/mol. The van der Waals surface area contributed by atoms with E-state index in [4.69, 9.17) is 10.5 Å². The van der Waals surface area contributed by atoms with E-state index in [1.807, 2.05) is 0 Å². The molecular formula is C13H11BrFNO2S. The van der Waals surface area contributed by atoms with Gasteiger partial charge in [0.15, 0.2) is 0 Å². The number of anilines is 1. The number of ether oxygens (including phenoxy) is 1. The number of benzene rings is 1. The van der Waals surface area contributed by atoms with Gasteiger partial charge in [-0.1, -0.05) is 6.07 Å². The highest BCUT2D eigenvalue weighted by Gasteiger charge is 2.16. The van der Waals surface area contributed by atoms with Crippen LogP contribution in [-0.2, 0) is 4.74 Å². The average Bonchev–Trinajstić information content (AvgIpc) is 2.75. The summed E-state index contributed by atoms with van der Waals surface area (Å²) in [6.45, 7) is 2.02. The number of nitrogen functional groups attached to an aromatic ring is 1. The van der Waals surface area contributed by atoms with Gasteiger partial charge < -0.3 is 10.5 Å². The molecule has 1 aromatic heterocycles. The Bertz CT molecular complexity index is 627. The molecule has 0 bridgehead atoms. The zero-order valence-corrected chi connectivity index (χ0v) is 12.5. The van der Waals surface area contributed by atoms with Crippen molar-refractivity contribution in [2.45, 2.75) is 6.92 Å². The summed E-state index contributed by atoms with van der Waals surface area (Å²) in [5.74, 6) is -0.809. The third-order valence-electron chi connectivity index (χ3n) is 2.43. The number of rotatable bonds is 3. The predicted octanol–water partition coefficient (Wildman–Crippen LogP) is 4.08. The molecule has 19 heavy (non-hydrogen) atoms. The van der Waals surface area contributed by atoms with E-state index in [1.165, 1.54) is 17.4 Å². The Balaban J connectivity index is 2.38. The molecule has 6 heteroatoms. The third kappa shape index (κ3) is 2.96. The van der Waals surface area contributed by atoms with Crippen LogP contribution in [0.1, 0.15) is 16.6 Å². The first kappa shape index (κ1) is 14.0. The SMILES string of the molecule is CCOC(=O)c1sc(-c2ccc(Br)c(F)c2)cc1N. The molecule has 0 unspecified atom stereocenters. The van der Waals surface area contributed by atoms with E-state index >= 15 is 0 Å². The molecule has 0 aliphatic heterocycles. The summed E-state index contributed by atoms with van der Waals surface area (Å²) < 4.78 is 18.8. The first-order valence-corrected chi connectivity index (χ1v) is 7.15. The molecule has 1 heterocycles. The minimum Gasteiger partial charge on any atom is -0.462 e. The molecule has 0 amide bonds. The van der Waals surface area contributed by atoms with E-state index in [1.54, 1.807) is 25.1 Å². The van der Waals surface area contributed by atoms with Crippen molar-refractivity contribution in [2.75, 3.05) is 12.3 Å². The van der Waals surface area contributed by atoms with E-state index in [0.717, 1.165) is 4.88 Å². The van der Waals surface area contributed by atoms with E-state index in [0.29, 0.717) is 27.2 Å². The Labute approximate surface area is 122 Å². The molecule has 2 N–H and O–H groups in total. The summed E-state index contributed by atoms with van der Waals surface area (Å²) in [4.78, 5) is 12.7. The van der Waals surface area contributed by atoms with Crippen molar-refractivity contribution >= 4 is 38.9 Å². The normalized spacial score (nSPS) is 10.5. The van der Waals surface area contributed by atoms with Gasteiger partial charge in [0.2, 0.25) is 0 Å². The van der Waals surface area contributed by atoms with Crippen LogP contribution in [0.5, 0.6) is 0 Å². The third-order valence-corrected chi connectivity index (χ3v) is 4.25. The number of hydrogen-bond donors (Lipinski definition) is 1. The second-order valence-corrected chi connectivity index (χ2v) is 5.65. The smallest absolute Gasteiger partial charge is 0.350 e. The van der Waals surface area contributed by atoms with Crippen LogP contribution in [0.2, 0.25) is 0 Å². The van der Waals surface area contributed by atoms with Crippen LogP contribution in [0.4, 0.5) is 10.1 Å². The van der Waals surface area contributed by atoms with Crippen LogP contribution in [0, 0.1) is 5.82 Å². The van der Waals surface area contributed by atoms with Crippen molar-refractivity contribution in [2.24, 2.45) is 0 Å². The molecule has 0 aliphatic rings. The van der Waals surface area contributed by atoms with Crippen molar-refractivity contribution < 1.29 is 13.9 Å². The fourth-order valence-corrected chi connectivity index (χ4v) is 2.77. The van der Waals surface area contributed by atoms with Gasteiger partial charge in [0.1, 0.15) is 10.7 Å². The van der Waals surface area contributed by atoms with Crippen LogP contribution in [-0.4, -0.2) is 12.6 Å². The lowest BCUT2D eigenvalue weighted by molar-refractivity contribution is 0.0533. The summed E-state index contributed by atoms with van der Waals surface area (Å²) in [7, 11) is 0. The zero-order chi connectivity index (χ0) is 14.0. The minimum atomic E-state index is -0.450. The average molecular weight is 344 g/mol. The van der Waals surface area contributed by atoms with Gasteiger partial charge in [-0.05, 0) is 46.6 Å². The molecule has 3 nitrogen and oxygen atoms in total. The molecule has 0 fully saturated rings. The molecule has 0 atom stereocenters. The number of hydrogen-bond acceptors (Lipinski definition) is 4. The van der Waals surface area contributed by atoms with Gasteiger partial charge in [-0.15, -0.1) is 11.3 Å². The summed E-state index contributed by atoms with van der Waals surface area (Å²) >= 11 is 4.29. The Hall–Kier alpha value is -1.40. The van der Waals surface area contributed by atoms with Gasteiger partial charge in [-0.3, -0.25) is 0 Å². The van der Waals surface area contributed by atoms with Crippen molar-refractivity contribution in [1.82, 2.24) is 0 Å². The molecule has 0 saturated carbocycles. The van der Waals surface area contributed by atoms with Gasteiger partial charge in [-0.2, -0.15) is 0 Å². The number of carbonyl (C=O) groups is 1. The maximum absolute atomic E-state index is 13.5. The van der Waals surface area contributed by atoms with Crippen molar-refractivity contribution in [1.29, 1.82) is 0 Å². The highest BCUT2D eigenvalue weighted by molar-refractivity contribution is 9.10. The standard InChI is InChI=1S/C13H11BrFNO2S/c1-2-18-13(17)12-10(16)6-11(19-12)7-3-4-8(14)9(15)5-7/h3-6H,2,16H2,1H3. The fraction of sp³-hybridized carbons (Fsp3) is 0.154. The highest BCUT2D eigenvalue weighted by atomic mass is 79.9. The maximum Gasteiger partial charge on any atom is 0.350 e. The fourth-order valence-electron chi connectivity index (χ4n) is 1.55. The van der Waals surface area contributed by atoms with Crippen molar-refractivity contribution in [3.63, 3.8) is 0 Å². The number of carbonyl (C=O) groups excluding carboxylic acids is 1. The van der Waals surface area contributed by atoms with E-state index in [-0.39, 0.29) is 5.82 Å². The number of thiophene rings is 1. The second-order valence-electron chi connectivity index (χ2n) is 3.74. The molecule has 0 aliphatic carbocycles. The van der Waals surface area contributed by atoms with Crippen LogP contribution in [0.15, 0.2) is 28.7 Å². The van der Waals surface area contributed by atoms with Crippen molar-refractivity contribution in [3.05, 3.63) is 39.4 Å². The molecule has 100 valence electrons. The predicted molar refractivity (Wildman–Crippen MR) is 77.8 cm³/mol. The molecule has 0 radical (unpaired) electrons. The number of nitrogens with two attached hydrogens (primary N) is 1. The summed E-state index contributed by atoms with van der Waals surface area (Å²) in [6.07, 6.45) is 0. The first-order valence-electron chi connectivity index (χ1n) is 5.54. The van der Waals surface area contributed by atoms with Crippen LogP contribution >= 0.6 is 27.3 Å². The summed E-state index contributed by atoms with van der Waals surface area (Å²) in [5, 5.41) is 0. The summed E-state index contributed by atoms with van der Waals surface area (Å²) in [6, 6.07) is 6.42. The number of halogens is 2. The minimum absolute atomic E-state index is 0.290. The van der Waals surface area contributed by atoms with Crippen LogP contribution in [0.3, 0.4) is 0 Å². The Kier molecular flexibility index (Phi) is 4.21. The maximum atomic E-state index is 13.5. The topological polar surface area (TPSA) is 52.3 Å². The lowest BCUT2D eigenvalue weighted by atomic mass is 10.2. The molecular weight excluding hydrogens is 333 g/mol. The molecule has 1 aromatic carbocycles. The van der Waals surface area contributed by atoms with Gasteiger partial charge >= 0.3 is 5.97 Å². The Morgan fingerprint density at radius 1 is 1.47 bits per heavy atom. The lowest BCUT2D eigenvalue weighted by Gasteiger charge is -2.00. The zero-order valence-electron chi connectivity index (χ0n) is 10.1. The van der Waals surface area contributed by atoms with E-state index in [9.17, 15) is 9.18 Å². The molecule has 0 spiro atoms. The highest BCUT2D eigenvalue weighted by Crippen LogP contribution is 2.34. The number of esters is 1. The second kappa shape index (κ2) is 5.71. The van der Waals surface area contributed by atoms with Gasteiger partial charge in [0.25, 0.3) is 0 Å². The largest absolute Gasteiger partial charge is 0.462 e.